The zero-order valence-electron chi connectivity index (χ0n) is 42.5. The van der Waals surface area contributed by atoms with E-state index in [-0.39, 0.29) is 27.1 Å². The molecule has 2 aromatic heterocycles. The van der Waals surface area contributed by atoms with Gasteiger partial charge in [0.05, 0.1) is 5.52 Å². The summed E-state index contributed by atoms with van der Waals surface area (Å²) in [6.07, 6.45) is 2.31. The van der Waals surface area contributed by atoms with Crippen LogP contribution in [0.4, 0.5) is 11.4 Å². The van der Waals surface area contributed by atoms with Crippen molar-refractivity contribution in [2.75, 3.05) is 5.32 Å². The summed E-state index contributed by atoms with van der Waals surface area (Å²) in [7, 11) is 2.52. The van der Waals surface area contributed by atoms with Crippen molar-refractivity contribution in [1.29, 1.82) is 0 Å². The molecule has 3 heterocycles. The molecule has 70 heavy (non-hydrogen) atoms. The molecule has 0 bridgehead atoms. The van der Waals surface area contributed by atoms with E-state index in [0.29, 0.717) is 0 Å². The molecule has 0 atom stereocenters. The van der Waals surface area contributed by atoms with Gasteiger partial charge < -0.3 is 14.3 Å². The number of benzene rings is 8. The second kappa shape index (κ2) is 13.5. The molecule has 0 unspecified atom stereocenters. The van der Waals surface area contributed by atoms with Crippen molar-refractivity contribution in [2.45, 2.75) is 116 Å². The van der Waals surface area contributed by atoms with Crippen LogP contribution in [0, 0.1) is 0 Å². The Morgan fingerprint density at radius 1 is 0.543 bits per heavy atom. The molecule has 4 aliphatic rings. The van der Waals surface area contributed by atoms with Crippen molar-refractivity contribution in [1.82, 2.24) is 4.57 Å². The lowest BCUT2D eigenvalue weighted by molar-refractivity contribution is 0.332. The molecule has 0 spiro atoms. The quantitative estimate of drug-likeness (QED) is 0.179. The van der Waals surface area contributed by atoms with Crippen LogP contribution >= 0.6 is 0 Å². The third-order valence-corrected chi connectivity index (χ3v) is 17.8. The average molecular weight is 908 g/mol. The predicted molar refractivity (Wildman–Crippen MR) is 297 cm³/mol. The Balaban J connectivity index is 1.16. The summed E-state index contributed by atoms with van der Waals surface area (Å²) in [6, 6.07) is 51.1. The maximum atomic E-state index is 7.43. The van der Waals surface area contributed by atoms with Crippen molar-refractivity contribution in [2.24, 2.45) is 0 Å². The maximum absolute atomic E-state index is 7.43. The number of hydrogen-bond donors (Lipinski definition) is 1. The first-order valence-corrected chi connectivity index (χ1v) is 25.6. The number of nitrogens with one attached hydrogen (secondary N) is 1. The minimum atomic E-state index is -0.216. The van der Waals surface area contributed by atoms with Crippen LogP contribution in [0.15, 0.2) is 138 Å². The number of rotatable bonds is 3. The molecule has 0 amide bonds. The van der Waals surface area contributed by atoms with Gasteiger partial charge in [0.25, 0.3) is 0 Å². The number of anilines is 2. The van der Waals surface area contributed by atoms with E-state index in [1.807, 2.05) is 0 Å². The van der Waals surface area contributed by atoms with Gasteiger partial charge in [0.2, 0.25) is 0 Å². The third kappa shape index (κ3) is 5.48. The molecular formula is C66H60BN2O. The van der Waals surface area contributed by atoms with E-state index < -0.39 is 0 Å². The van der Waals surface area contributed by atoms with Gasteiger partial charge in [0.15, 0.2) is 7.28 Å². The molecule has 1 aliphatic heterocycles. The van der Waals surface area contributed by atoms with E-state index in [0.717, 1.165) is 51.9 Å². The van der Waals surface area contributed by atoms with Gasteiger partial charge in [-0.15, -0.1) is 0 Å². The van der Waals surface area contributed by atoms with Gasteiger partial charge in [-0.25, -0.2) is 0 Å². The lowest BCUT2D eigenvalue weighted by Gasteiger charge is -2.42. The summed E-state index contributed by atoms with van der Waals surface area (Å²) in [5, 5.41) is 8.98. The first kappa shape index (κ1) is 42.1. The summed E-state index contributed by atoms with van der Waals surface area (Å²) in [5.41, 5.74) is 27.2. The number of para-hydroxylation sites is 1. The highest BCUT2D eigenvalue weighted by atomic mass is 16.3. The summed E-state index contributed by atoms with van der Waals surface area (Å²) in [6.45, 7) is 26.3. The standard InChI is InChI=1S/C66H60BN2O/c1-62(2,3)36-24-26-37(27-25-36)68-52-33-42-39-19-13-16-22-46(39)65(8,9)47(42)30-43(52)58-59-60-56(57-40-20-14-17-23-55(40)70-61(57)58)44-31-49-50(64(6,7)29-28-63(49,4)5)35-53(44)69(60)54-34-48-41(32-51(54)67-59)38-18-12-15-21-45(38)66(48,10)11/h12-27,30-35,68H,28-29H2,1-11H3. The number of fused-ring (bicyclic) bond motifs is 16. The summed E-state index contributed by atoms with van der Waals surface area (Å²) in [4.78, 5) is 0. The lowest BCUT2D eigenvalue weighted by Crippen LogP contribution is -2.38. The lowest BCUT2D eigenvalue weighted by atomic mass is 9.58. The van der Waals surface area contributed by atoms with Gasteiger partial charge in [0.1, 0.15) is 11.2 Å². The fourth-order valence-corrected chi connectivity index (χ4v) is 13.7. The van der Waals surface area contributed by atoms with Crippen LogP contribution in [0.2, 0.25) is 0 Å². The minimum Gasteiger partial charge on any atom is -0.455 e. The highest BCUT2D eigenvalue weighted by Crippen LogP contribution is 2.56. The van der Waals surface area contributed by atoms with E-state index in [2.05, 4.69) is 227 Å². The Hall–Kier alpha value is -6.78. The van der Waals surface area contributed by atoms with Gasteiger partial charge in [-0.05, 0) is 144 Å². The van der Waals surface area contributed by atoms with Gasteiger partial charge >= 0.3 is 0 Å². The first-order valence-electron chi connectivity index (χ1n) is 25.6. The van der Waals surface area contributed by atoms with Crippen LogP contribution in [0.5, 0.6) is 0 Å². The molecule has 1 N–H and O–H groups in total. The molecule has 0 fully saturated rings. The summed E-state index contributed by atoms with van der Waals surface area (Å²) >= 11 is 0. The maximum Gasteiger partial charge on any atom is 0.198 e. The first-order chi connectivity index (χ1) is 33.3. The normalized spacial score (nSPS) is 17.2. The molecule has 0 saturated heterocycles. The SMILES string of the molecule is CC(C)(C)c1ccc(Nc2cc3c(cc2-c2c4c5c(c6cc7c(cc6n5-c5cc6c(cc5[B]4)-c4ccccc4C6(C)C)C(C)(C)CCC7(C)C)c4c2oc2ccccc24)C(C)(C)c2ccccc2-3)cc1. The molecule has 4 heteroatoms. The van der Waals surface area contributed by atoms with Crippen molar-refractivity contribution in [3.05, 3.63) is 172 Å². The largest absolute Gasteiger partial charge is 0.455 e. The highest BCUT2D eigenvalue weighted by molar-refractivity contribution is 6.74. The zero-order valence-corrected chi connectivity index (χ0v) is 42.5. The fraction of sp³-hybridized carbons (Fsp3) is 0.273. The van der Waals surface area contributed by atoms with Crippen LogP contribution < -0.4 is 16.2 Å². The molecule has 14 rings (SSSR count). The van der Waals surface area contributed by atoms with Crippen molar-refractivity contribution in [3.8, 4) is 39.1 Å². The van der Waals surface area contributed by atoms with Crippen molar-refractivity contribution in [3.63, 3.8) is 0 Å². The Kier molecular flexibility index (Phi) is 8.15. The van der Waals surface area contributed by atoms with E-state index >= 15 is 0 Å². The van der Waals surface area contributed by atoms with E-state index in [1.165, 1.54) is 105 Å². The Morgan fingerprint density at radius 2 is 1.14 bits per heavy atom. The number of furan rings is 1. The Bertz CT molecular complexity index is 3970. The third-order valence-electron chi connectivity index (χ3n) is 17.8. The second-order valence-electron chi connectivity index (χ2n) is 24.7. The van der Waals surface area contributed by atoms with Crippen LogP contribution in [0.1, 0.15) is 128 Å². The number of aromatic nitrogens is 1. The van der Waals surface area contributed by atoms with Crippen LogP contribution in [-0.2, 0) is 27.1 Å². The van der Waals surface area contributed by atoms with E-state index in [9.17, 15) is 0 Å². The van der Waals surface area contributed by atoms with E-state index in [4.69, 9.17) is 4.42 Å². The number of nitrogens with zero attached hydrogens (tertiary/aromatic N) is 1. The fourth-order valence-electron chi connectivity index (χ4n) is 13.7. The van der Waals surface area contributed by atoms with Gasteiger partial charge in [-0.2, -0.15) is 0 Å². The van der Waals surface area contributed by atoms with Gasteiger partial charge in [0, 0.05) is 66.1 Å². The molecule has 3 aliphatic carbocycles. The molecule has 8 aromatic carbocycles. The highest BCUT2D eigenvalue weighted by Gasteiger charge is 2.43. The predicted octanol–water partition coefficient (Wildman–Crippen LogP) is 16.3. The molecule has 0 saturated carbocycles. The van der Waals surface area contributed by atoms with Gasteiger partial charge in [-0.1, -0.05) is 167 Å². The second-order valence-corrected chi connectivity index (χ2v) is 24.7. The molecule has 3 nitrogen and oxygen atoms in total. The molecule has 1 radical (unpaired) electrons. The van der Waals surface area contributed by atoms with E-state index in [1.54, 1.807) is 0 Å². The molecule has 343 valence electrons. The van der Waals surface area contributed by atoms with Crippen molar-refractivity contribution >= 4 is 73.3 Å². The number of hydrogen-bond acceptors (Lipinski definition) is 2. The van der Waals surface area contributed by atoms with Crippen LogP contribution in [0.25, 0.3) is 82.8 Å². The summed E-state index contributed by atoms with van der Waals surface area (Å²) < 4.78 is 10.1. The molecular weight excluding hydrogens is 848 g/mol. The van der Waals surface area contributed by atoms with Crippen molar-refractivity contribution < 1.29 is 4.42 Å². The van der Waals surface area contributed by atoms with Crippen LogP contribution in [0.3, 0.4) is 0 Å². The smallest absolute Gasteiger partial charge is 0.198 e. The summed E-state index contributed by atoms with van der Waals surface area (Å²) in [5.74, 6) is 0. The minimum absolute atomic E-state index is 0.0348. The monoisotopic (exact) mass is 907 g/mol. The molecule has 10 aromatic rings. The van der Waals surface area contributed by atoms with Gasteiger partial charge in [-0.3, -0.25) is 0 Å². The Morgan fingerprint density at radius 3 is 1.81 bits per heavy atom. The van der Waals surface area contributed by atoms with Crippen LogP contribution in [-0.4, -0.2) is 11.8 Å². The topological polar surface area (TPSA) is 30.1 Å². The zero-order chi connectivity index (χ0) is 48.2. The average Bonchev–Trinajstić information content (AvgIpc) is 4.01. The Labute approximate surface area is 413 Å².